The fourth-order valence-corrected chi connectivity index (χ4v) is 1.91. The van der Waals surface area contributed by atoms with Crippen molar-refractivity contribution in [2.45, 2.75) is 6.92 Å². The number of para-hydroxylation sites is 2. The number of hydrogen-bond acceptors (Lipinski definition) is 2. The Morgan fingerprint density at radius 2 is 1.33 bits per heavy atom. The van der Waals surface area contributed by atoms with Gasteiger partial charge in [0.25, 0.3) is 0 Å². The van der Waals surface area contributed by atoms with Gasteiger partial charge in [0.05, 0.1) is 0 Å². The number of Topliss-reactive ketones (excluding diaryl/α,β-unsaturated/α-hetero) is 1. The largest absolute Gasteiger partial charge is 0.422 e. The van der Waals surface area contributed by atoms with E-state index in [2.05, 4.69) is 4.79 Å². The highest BCUT2D eigenvalue weighted by Gasteiger charge is 2.32. The molecule has 5 nitrogen and oxygen atoms in total. The summed E-state index contributed by atoms with van der Waals surface area (Å²) in [6.45, 7) is 1.18. The van der Waals surface area contributed by atoms with E-state index in [-0.39, 0.29) is 0 Å². The van der Waals surface area contributed by atoms with Gasteiger partial charge in [-0.15, -0.1) is 0 Å². The third-order valence-electron chi connectivity index (χ3n) is 2.87. The summed E-state index contributed by atoms with van der Waals surface area (Å²) >= 11 is 0. The van der Waals surface area contributed by atoms with Gasteiger partial charge in [-0.05, 0) is 24.3 Å². The lowest BCUT2D eigenvalue weighted by Gasteiger charge is -2.20. The Morgan fingerprint density at radius 1 is 0.905 bits per heavy atom. The predicted octanol–water partition coefficient (Wildman–Crippen LogP) is 2.61. The van der Waals surface area contributed by atoms with Crippen LogP contribution in [0.15, 0.2) is 60.7 Å². The van der Waals surface area contributed by atoms with Crippen molar-refractivity contribution >= 4 is 28.8 Å². The van der Waals surface area contributed by atoms with Crippen molar-refractivity contribution in [3.05, 3.63) is 66.2 Å². The molecule has 1 amide bonds. The van der Waals surface area contributed by atoms with E-state index >= 15 is 0 Å². The number of carbonyl (C=O) groups excluding carboxylic acids is 2. The molecule has 0 fully saturated rings. The van der Waals surface area contributed by atoms with Gasteiger partial charge in [-0.25, -0.2) is 0 Å². The van der Waals surface area contributed by atoms with Crippen molar-refractivity contribution < 1.29 is 14.4 Å². The molecule has 5 heteroatoms. The quantitative estimate of drug-likeness (QED) is 0.373. The second-order valence-electron chi connectivity index (χ2n) is 4.32. The highest BCUT2D eigenvalue weighted by Crippen LogP contribution is 2.25. The zero-order chi connectivity index (χ0) is 15.2. The SMILES string of the molecule is CC(=O)C(=[N+]=[N-])C(=O)N(c1ccccc1)c1ccccc1. The van der Waals surface area contributed by atoms with Gasteiger partial charge in [0.2, 0.25) is 5.78 Å². The first-order valence-electron chi connectivity index (χ1n) is 6.32. The van der Waals surface area contributed by atoms with Gasteiger partial charge in [0, 0.05) is 18.3 Å². The molecule has 0 atom stereocenters. The van der Waals surface area contributed by atoms with Gasteiger partial charge >= 0.3 is 11.6 Å². The fourth-order valence-electron chi connectivity index (χ4n) is 1.91. The first kappa shape index (κ1) is 14.4. The Labute approximate surface area is 122 Å². The van der Waals surface area contributed by atoms with Crippen LogP contribution in [-0.2, 0) is 9.59 Å². The molecule has 0 N–H and O–H groups in total. The van der Waals surface area contributed by atoms with Crippen molar-refractivity contribution in [3.8, 4) is 0 Å². The summed E-state index contributed by atoms with van der Waals surface area (Å²) in [6, 6.07) is 17.7. The van der Waals surface area contributed by atoms with Crippen molar-refractivity contribution in [3.63, 3.8) is 0 Å². The van der Waals surface area contributed by atoms with E-state index in [0.717, 1.165) is 0 Å². The van der Waals surface area contributed by atoms with E-state index in [1.807, 2.05) is 12.1 Å². The number of amides is 1. The van der Waals surface area contributed by atoms with Gasteiger partial charge in [-0.3, -0.25) is 14.5 Å². The average Bonchev–Trinajstić information content (AvgIpc) is 2.50. The Bertz CT molecular complexity index is 665. The zero-order valence-corrected chi connectivity index (χ0v) is 11.4. The van der Waals surface area contributed by atoms with Crippen LogP contribution in [0.2, 0.25) is 0 Å². The fraction of sp³-hybridized carbons (Fsp3) is 0.0625. The van der Waals surface area contributed by atoms with Crippen LogP contribution < -0.4 is 4.90 Å². The molecule has 0 spiro atoms. The predicted molar refractivity (Wildman–Crippen MR) is 79.3 cm³/mol. The second-order valence-corrected chi connectivity index (χ2v) is 4.32. The van der Waals surface area contributed by atoms with E-state index in [9.17, 15) is 9.59 Å². The molecule has 0 saturated carbocycles. The third kappa shape index (κ3) is 3.11. The lowest BCUT2D eigenvalue weighted by atomic mass is 10.1. The van der Waals surface area contributed by atoms with Gasteiger partial charge in [-0.2, -0.15) is 4.79 Å². The molecule has 0 aromatic heterocycles. The maximum atomic E-state index is 12.5. The Balaban J connectivity index is 2.55. The van der Waals surface area contributed by atoms with Crippen LogP contribution in [-0.4, -0.2) is 22.2 Å². The highest BCUT2D eigenvalue weighted by molar-refractivity contribution is 6.66. The molecule has 0 heterocycles. The monoisotopic (exact) mass is 279 g/mol. The maximum Gasteiger partial charge on any atom is 0.422 e. The van der Waals surface area contributed by atoms with Crippen LogP contribution in [0, 0.1) is 0 Å². The normalized spacial score (nSPS) is 9.57. The van der Waals surface area contributed by atoms with Gasteiger partial charge in [0.1, 0.15) is 0 Å². The molecule has 0 aliphatic heterocycles. The second kappa shape index (κ2) is 6.41. The van der Waals surface area contributed by atoms with Crippen LogP contribution in [0.3, 0.4) is 0 Å². The molecule has 0 unspecified atom stereocenters. The van der Waals surface area contributed by atoms with Crippen LogP contribution in [0.4, 0.5) is 11.4 Å². The lowest BCUT2D eigenvalue weighted by Crippen LogP contribution is -2.37. The highest BCUT2D eigenvalue weighted by atomic mass is 16.2. The molecule has 21 heavy (non-hydrogen) atoms. The summed E-state index contributed by atoms with van der Waals surface area (Å²) < 4.78 is 0. The van der Waals surface area contributed by atoms with Gasteiger partial charge in [-0.1, -0.05) is 36.4 Å². The number of anilines is 2. The molecule has 2 rings (SSSR count). The van der Waals surface area contributed by atoms with Crippen molar-refractivity contribution in [1.82, 2.24) is 0 Å². The number of benzene rings is 2. The van der Waals surface area contributed by atoms with Gasteiger partial charge < -0.3 is 5.53 Å². The van der Waals surface area contributed by atoms with Crippen LogP contribution in [0.25, 0.3) is 5.53 Å². The summed E-state index contributed by atoms with van der Waals surface area (Å²) in [5.74, 6) is -1.28. The minimum atomic E-state index is -0.678. The Morgan fingerprint density at radius 3 is 1.67 bits per heavy atom. The molecule has 104 valence electrons. The first-order chi connectivity index (χ1) is 10.1. The zero-order valence-electron chi connectivity index (χ0n) is 11.4. The molecular formula is C16H13N3O2. The summed E-state index contributed by atoms with van der Waals surface area (Å²) in [5.41, 5.74) is 9.58. The first-order valence-corrected chi connectivity index (χ1v) is 6.32. The smallest absolute Gasteiger partial charge is 0.360 e. The minimum absolute atomic E-state index is 0.511. The minimum Gasteiger partial charge on any atom is -0.360 e. The van der Waals surface area contributed by atoms with E-state index in [1.165, 1.54) is 11.8 Å². The van der Waals surface area contributed by atoms with Crippen LogP contribution >= 0.6 is 0 Å². The summed E-state index contributed by atoms with van der Waals surface area (Å²) in [7, 11) is 0. The number of ketones is 1. The molecule has 0 aliphatic rings. The van der Waals surface area contributed by atoms with E-state index in [4.69, 9.17) is 5.53 Å². The van der Waals surface area contributed by atoms with Crippen molar-refractivity contribution in [2.75, 3.05) is 4.90 Å². The van der Waals surface area contributed by atoms with E-state index < -0.39 is 17.4 Å². The Hall–Kier alpha value is -3.04. The maximum absolute atomic E-state index is 12.5. The number of carbonyl (C=O) groups is 2. The topological polar surface area (TPSA) is 73.8 Å². The van der Waals surface area contributed by atoms with Crippen LogP contribution in [0.5, 0.6) is 0 Å². The average molecular weight is 279 g/mol. The molecule has 2 aromatic rings. The van der Waals surface area contributed by atoms with Crippen molar-refractivity contribution in [2.24, 2.45) is 0 Å². The number of hydrogen-bond donors (Lipinski definition) is 0. The van der Waals surface area contributed by atoms with Crippen LogP contribution in [0.1, 0.15) is 6.92 Å². The van der Waals surface area contributed by atoms with E-state index in [0.29, 0.717) is 11.4 Å². The van der Waals surface area contributed by atoms with Gasteiger partial charge in [0.15, 0.2) is 0 Å². The Kier molecular flexibility index (Phi) is 4.39. The molecule has 0 aliphatic carbocycles. The third-order valence-corrected chi connectivity index (χ3v) is 2.87. The summed E-state index contributed by atoms with van der Waals surface area (Å²) in [5, 5.41) is 0. The molecular weight excluding hydrogens is 266 g/mol. The molecule has 2 aromatic carbocycles. The molecule has 0 bridgehead atoms. The summed E-state index contributed by atoms with van der Waals surface area (Å²) in [6.07, 6.45) is 0. The summed E-state index contributed by atoms with van der Waals surface area (Å²) in [4.78, 5) is 28.1. The number of rotatable bonds is 4. The van der Waals surface area contributed by atoms with E-state index in [1.54, 1.807) is 48.5 Å². The molecule has 0 radical (unpaired) electrons. The lowest BCUT2D eigenvalue weighted by molar-refractivity contribution is -0.122. The standard InChI is InChI=1S/C16H13N3O2/c1-12(20)15(18-17)16(21)19(13-8-4-2-5-9-13)14-10-6-3-7-11-14/h2-11H,1H3. The molecule has 0 saturated heterocycles. The number of nitrogens with zero attached hydrogens (tertiary/aromatic N) is 3. The van der Waals surface area contributed by atoms with Crippen molar-refractivity contribution in [1.29, 1.82) is 0 Å².